The highest BCUT2D eigenvalue weighted by molar-refractivity contribution is 7.08. The van der Waals surface area contributed by atoms with E-state index in [0.29, 0.717) is 30.2 Å². The SMILES string of the molecule is Cc1oc(-c2ccsc2)nc1CC(=O)N1CC(C(=O)O)CCC1C. The Morgan fingerprint density at radius 3 is 2.92 bits per heavy atom. The van der Waals surface area contributed by atoms with E-state index in [1.165, 1.54) is 0 Å². The number of nitrogens with zero attached hydrogens (tertiary/aromatic N) is 2. The molecule has 0 spiro atoms. The number of carbonyl (C=O) groups excluding carboxylic acids is 1. The standard InChI is InChI=1S/C17H20N2O4S/c1-10-3-4-12(17(21)22)8-19(10)15(20)7-14-11(2)23-16(18-14)13-5-6-24-9-13/h5-6,9-10,12H,3-4,7-8H2,1-2H3,(H,21,22). The van der Waals surface area contributed by atoms with Crippen LogP contribution in [-0.2, 0) is 16.0 Å². The number of thiophene rings is 1. The summed E-state index contributed by atoms with van der Waals surface area (Å²) in [6.45, 7) is 4.02. The van der Waals surface area contributed by atoms with Crippen LogP contribution in [-0.4, -0.2) is 39.5 Å². The molecule has 0 saturated carbocycles. The third kappa shape index (κ3) is 3.36. The third-order valence-electron chi connectivity index (χ3n) is 4.53. The average molecular weight is 348 g/mol. The zero-order valence-electron chi connectivity index (χ0n) is 13.7. The van der Waals surface area contributed by atoms with Gasteiger partial charge in [0.05, 0.1) is 18.0 Å². The molecule has 24 heavy (non-hydrogen) atoms. The Bertz CT molecular complexity index is 738. The van der Waals surface area contributed by atoms with E-state index in [0.717, 1.165) is 5.56 Å². The molecule has 0 radical (unpaired) electrons. The van der Waals surface area contributed by atoms with Crippen LogP contribution in [0.2, 0.25) is 0 Å². The molecule has 7 heteroatoms. The van der Waals surface area contributed by atoms with Crippen LogP contribution in [0.4, 0.5) is 0 Å². The molecule has 2 atom stereocenters. The summed E-state index contributed by atoms with van der Waals surface area (Å²) in [6, 6.07) is 1.97. The lowest BCUT2D eigenvalue weighted by Crippen LogP contribution is -2.48. The predicted octanol–water partition coefficient (Wildman–Crippen LogP) is 2.97. The molecule has 0 bridgehead atoms. The molecule has 128 valence electrons. The van der Waals surface area contributed by atoms with Crippen LogP contribution in [0.25, 0.3) is 11.5 Å². The number of piperidine rings is 1. The molecule has 1 fully saturated rings. The molecule has 1 N–H and O–H groups in total. The number of likely N-dealkylation sites (tertiary alicyclic amines) is 1. The van der Waals surface area contributed by atoms with E-state index >= 15 is 0 Å². The van der Waals surface area contributed by atoms with E-state index in [9.17, 15) is 14.7 Å². The average Bonchev–Trinajstić information content (AvgIpc) is 3.18. The number of aromatic nitrogens is 1. The first kappa shape index (κ1) is 16.7. The first-order valence-corrected chi connectivity index (χ1v) is 8.91. The van der Waals surface area contributed by atoms with Crippen molar-refractivity contribution in [3.63, 3.8) is 0 Å². The highest BCUT2D eigenvalue weighted by atomic mass is 32.1. The van der Waals surface area contributed by atoms with Crippen molar-refractivity contribution in [2.45, 2.75) is 39.2 Å². The van der Waals surface area contributed by atoms with Gasteiger partial charge in [-0.05, 0) is 38.1 Å². The van der Waals surface area contributed by atoms with Crippen LogP contribution in [0.5, 0.6) is 0 Å². The van der Waals surface area contributed by atoms with Crippen molar-refractivity contribution in [3.05, 3.63) is 28.3 Å². The van der Waals surface area contributed by atoms with Crippen LogP contribution in [0.15, 0.2) is 21.2 Å². The summed E-state index contributed by atoms with van der Waals surface area (Å²) >= 11 is 1.56. The van der Waals surface area contributed by atoms with Gasteiger partial charge in [-0.2, -0.15) is 11.3 Å². The second kappa shape index (κ2) is 6.76. The number of amides is 1. The van der Waals surface area contributed by atoms with E-state index in [1.54, 1.807) is 23.2 Å². The third-order valence-corrected chi connectivity index (χ3v) is 5.21. The Balaban J connectivity index is 1.73. The van der Waals surface area contributed by atoms with Gasteiger partial charge in [0.15, 0.2) is 0 Å². The summed E-state index contributed by atoms with van der Waals surface area (Å²) in [6.07, 6.45) is 1.46. The van der Waals surface area contributed by atoms with Gasteiger partial charge in [-0.15, -0.1) is 0 Å². The lowest BCUT2D eigenvalue weighted by Gasteiger charge is -2.36. The normalized spacial score (nSPS) is 21.0. The molecule has 2 aromatic heterocycles. The molecular weight excluding hydrogens is 328 g/mol. The van der Waals surface area contributed by atoms with Crippen molar-refractivity contribution >= 4 is 23.2 Å². The molecular formula is C17H20N2O4S. The number of aryl methyl sites for hydroxylation is 1. The molecule has 0 aromatic carbocycles. The van der Waals surface area contributed by atoms with Crippen molar-refractivity contribution in [1.29, 1.82) is 0 Å². The van der Waals surface area contributed by atoms with Gasteiger partial charge < -0.3 is 14.4 Å². The van der Waals surface area contributed by atoms with Crippen molar-refractivity contribution in [2.24, 2.45) is 5.92 Å². The zero-order chi connectivity index (χ0) is 17.3. The maximum Gasteiger partial charge on any atom is 0.308 e. The van der Waals surface area contributed by atoms with Gasteiger partial charge in [0.25, 0.3) is 0 Å². The molecule has 2 unspecified atom stereocenters. The Morgan fingerprint density at radius 2 is 2.25 bits per heavy atom. The summed E-state index contributed by atoms with van der Waals surface area (Å²) in [4.78, 5) is 30.0. The topological polar surface area (TPSA) is 83.6 Å². The quantitative estimate of drug-likeness (QED) is 0.918. The molecule has 1 saturated heterocycles. The van der Waals surface area contributed by atoms with Crippen molar-refractivity contribution in [2.75, 3.05) is 6.54 Å². The minimum atomic E-state index is -0.836. The maximum atomic E-state index is 12.6. The lowest BCUT2D eigenvalue weighted by atomic mass is 9.93. The summed E-state index contributed by atoms with van der Waals surface area (Å²) in [7, 11) is 0. The number of carboxylic acids is 1. The van der Waals surface area contributed by atoms with Gasteiger partial charge in [0.1, 0.15) is 5.76 Å². The van der Waals surface area contributed by atoms with E-state index in [-0.39, 0.29) is 24.9 Å². The lowest BCUT2D eigenvalue weighted by molar-refractivity contribution is -0.147. The first-order valence-electron chi connectivity index (χ1n) is 7.97. The number of hydrogen-bond donors (Lipinski definition) is 1. The molecule has 0 aliphatic carbocycles. The van der Waals surface area contributed by atoms with Crippen molar-refractivity contribution in [3.8, 4) is 11.5 Å². The Hall–Kier alpha value is -2.15. The molecule has 1 aliphatic heterocycles. The largest absolute Gasteiger partial charge is 0.481 e. The Kier molecular flexibility index (Phi) is 4.71. The molecule has 6 nitrogen and oxygen atoms in total. The van der Waals surface area contributed by atoms with Gasteiger partial charge in [-0.1, -0.05) is 0 Å². The minimum Gasteiger partial charge on any atom is -0.481 e. The maximum absolute atomic E-state index is 12.6. The zero-order valence-corrected chi connectivity index (χ0v) is 14.5. The van der Waals surface area contributed by atoms with Gasteiger partial charge in [0.2, 0.25) is 11.8 Å². The fourth-order valence-electron chi connectivity index (χ4n) is 3.00. The van der Waals surface area contributed by atoms with Gasteiger partial charge in [0, 0.05) is 23.5 Å². The molecule has 2 aromatic rings. The molecule has 3 heterocycles. The van der Waals surface area contributed by atoms with E-state index in [4.69, 9.17) is 4.42 Å². The number of oxazole rings is 1. The molecule has 1 amide bonds. The Labute approximate surface area is 144 Å². The van der Waals surface area contributed by atoms with Crippen molar-refractivity contribution in [1.82, 2.24) is 9.88 Å². The van der Waals surface area contributed by atoms with E-state index in [2.05, 4.69) is 4.98 Å². The summed E-state index contributed by atoms with van der Waals surface area (Å²) in [5.41, 5.74) is 1.52. The number of hydrogen-bond acceptors (Lipinski definition) is 5. The van der Waals surface area contributed by atoms with Gasteiger partial charge in [-0.25, -0.2) is 4.98 Å². The Morgan fingerprint density at radius 1 is 1.46 bits per heavy atom. The monoisotopic (exact) mass is 348 g/mol. The van der Waals surface area contributed by atoms with Gasteiger partial charge >= 0.3 is 5.97 Å². The van der Waals surface area contributed by atoms with Gasteiger partial charge in [-0.3, -0.25) is 9.59 Å². The highest BCUT2D eigenvalue weighted by Crippen LogP contribution is 2.26. The fourth-order valence-corrected chi connectivity index (χ4v) is 3.63. The molecule has 3 rings (SSSR count). The summed E-state index contributed by atoms with van der Waals surface area (Å²) in [5.74, 6) is -0.264. The van der Waals surface area contributed by atoms with E-state index < -0.39 is 11.9 Å². The number of carboxylic acid groups (broad SMARTS) is 1. The highest BCUT2D eigenvalue weighted by Gasteiger charge is 2.33. The number of aliphatic carboxylic acids is 1. The number of carbonyl (C=O) groups is 2. The second-order valence-electron chi connectivity index (χ2n) is 6.22. The summed E-state index contributed by atoms with van der Waals surface area (Å²) in [5, 5.41) is 13.1. The second-order valence-corrected chi connectivity index (χ2v) is 7.00. The smallest absolute Gasteiger partial charge is 0.308 e. The number of rotatable bonds is 4. The predicted molar refractivity (Wildman–Crippen MR) is 89.8 cm³/mol. The molecule has 1 aliphatic rings. The van der Waals surface area contributed by atoms with Crippen LogP contribution >= 0.6 is 11.3 Å². The fraction of sp³-hybridized carbons (Fsp3) is 0.471. The first-order chi connectivity index (χ1) is 11.5. The van der Waals surface area contributed by atoms with Crippen LogP contribution < -0.4 is 0 Å². The van der Waals surface area contributed by atoms with Crippen LogP contribution in [0.3, 0.4) is 0 Å². The van der Waals surface area contributed by atoms with E-state index in [1.807, 2.05) is 23.8 Å². The summed E-state index contributed by atoms with van der Waals surface area (Å²) < 4.78 is 5.66. The minimum absolute atomic E-state index is 0.0525. The van der Waals surface area contributed by atoms with Crippen molar-refractivity contribution < 1.29 is 19.1 Å². The van der Waals surface area contributed by atoms with Crippen LogP contribution in [0, 0.1) is 12.8 Å². The van der Waals surface area contributed by atoms with Crippen LogP contribution in [0.1, 0.15) is 31.2 Å².